The molecular weight excluding hydrogens is 246 g/mol. The number of aromatic nitrogens is 2. The molecule has 0 fully saturated rings. The fraction of sp³-hybridized carbons (Fsp3) is 0.385. The second-order valence-corrected chi connectivity index (χ2v) is 5.80. The molecule has 2 rings (SSSR count). The summed E-state index contributed by atoms with van der Waals surface area (Å²) in [6.45, 7) is 5.80. The van der Waals surface area contributed by atoms with Crippen LogP contribution in [0.1, 0.15) is 31.1 Å². The van der Waals surface area contributed by atoms with E-state index in [1.165, 1.54) is 10.5 Å². The molecule has 96 valence electrons. The van der Waals surface area contributed by atoms with Gasteiger partial charge in [0, 0.05) is 4.90 Å². The average molecular weight is 263 g/mol. The third-order valence-corrected chi connectivity index (χ3v) is 3.65. The molecule has 18 heavy (non-hydrogen) atoms. The number of nitrogens with two attached hydrogens (primary N) is 1. The molecule has 1 heterocycles. The van der Waals surface area contributed by atoms with Crippen molar-refractivity contribution in [3.63, 3.8) is 0 Å². The van der Waals surface area contributed by atoms with Crippen LogP contribution >= 0.6 is 11.8 Å². The number of thioether (sulfide) groups is 1. The van der Waals surface area contributed by atoms with E-state index in [9.17, 15) is 0 Å². The fourth-order valence-corrected chi connectivity index (χ4v) is 2.30. The van der Waals surface area contributed by atoms with Gasteiger partial charge in [0.2, 0.25) is 5.89 Å². The van der Waals surface area contributed by atoms with Crippen molar-refractivity contribution in [2.75, 3.05) is 0 Å². The number of hydrogen-bond acceptors (Lipinski definition) is 5. The SMILES string of the molecule is Cc1ccccc1SCc1nc(C(C)(C)N)no1. The van der Waals surface area contributed by atoms with Crippen LogP contribution in [0.4, 0.5) is 0 Å². The molecular formula is C13H17N3OS. The molecule has 1 aromatic carbocycles. The summed E-state index contributed by atoms with van der Waals surface area (Å²) in [6, 6.07) is 8.23. The van der Waals surface area contributed by atoms with Crippen molar-refractivity contribution in [1.82, 2.24) is 10.1 Å². The van der Waals surface area contributed by atoms with Gasteiger partial charge in [0.1, 0.15) is 0 Å². The normalized spacial score (nSPS) is 11.8. The molecule has 0 unspecified atom stereocenters. The Morgan fingerprint density at radius 2 is 2.06 bits per heavy atom. The Morgan fingerprint density at radius 1 is 1.33 bits per heavy atom. The Bertz CT molecular complexity index is 531. The first-order chi connectivity index (χ1) is 8.47. The lowest BCUT2D eigenvalue weighted by Gasteiger charge is -2.11. The Kier molecular flexibility index (Phi) is 3.73. The quantitative estimate of drug-likeness (QED) is 0.859. The van der Waals surface area contributed by atoms with Crippen molar-refractivity contribution in [1.29, 1.82) is 0 Å². The van der Waals surface area contributed by atoms with Crippen molar-refractivity contribution in [3.05, 3.63) is 41.5 Å². The van der Waals surface area contributed by atoms with E-state index in [0.717, 1.165) is 0 Å². The summed E-state index contributed by atoms with van der Waals surface area (Å²) in [5.41, 5.74) is 6.60. The lowest BCUT2D eigenvalue weighted by molar-refractivity contribution is 0.370. The summed E-state index contributed by atoms with van der Waals surface area (Å²) < 4.78 is 5.19. The van der Waals surface area contributed by atoms with Gasteiger partial charge >= 0.3 is 0 Å². The smallest absolute Gasteiger partial charge is 0.237 e. The van der Waals surface area contributed by atoms with Gasteiger partial charge in [-0.05, 0) is 32.4 Å². The minimum Gasteiger partial charge on any atom is -0.338 e. The number of benzene rings is 1. The van der Waals surface area contributed by atoms with Gasteiger partial charge in [0.15, 0.2) is 5.82 Å². The first kappa shape index (κ1) is 13.1. The zero-order chi connectivity index (χ0) is 13.2. The molecule has 0 atom stereocenters. The molecule has 0 amide bonds. The Morgan fingerprint density at radius 3 is 2.67 bits per heavy atom. The van der Waals surface area contributed by atoms with E-state index in [2.05, 4.69) is 29.2 Å². The molecule has 2 aromatic rings. The zero-order valence-corrected chi connectivity index (χ0v) is 11.6. The summed E-state index contributed by atoms with van der Waals surface area (Å²) in [7, 11) is 0. The molecule has 4 nitrogen and oxygen atoms in total. The van der Waals surface area contributed by atoms with Crippen LogP contribution in [0.2, 0.25) is 0 Å². The van der Waals surface area contributed by atoms with Crippen LogP contribution in [0, 0.1) is 6.92 Å². The minimum atomic E-state index is -0.560. The van der Waals surface area contributed by atoms with Gasteiger partial charge in [-0.3, -0.25) is 0 Å². The van der Waals surface area contributed by atoms with Crippen LogP contribution < -0.4 is 5.73 Å². The van der Waals surface area contributed by atoms with E-state index >= 15 is 0 Å². The Labute approximate surface area is 111 Å². The summed E-state index contributed by atoms with van der Waals surface area (Å²) in [5, 5.41) is 3.90. The third-order valence-electron chi connectivity index (χ3n) is 2.49. The van der Waals surface area contributed by atoms with Crippen LogP contribution in [0.3, 0.4) is 0 Å². The molecule has 0 radical (unpaired) electrons. The van der Waals surface area contributed by atoms with Gasteiger partial charge in [-0.15, -0.1) is 11.8 Å². The zero-order valence-electron chi connectivity index (χ0n) is 10.8. The fourth-order valence-electron chi connectivity index (χ4n) is 1.43. The van der Waals surface area contributed by atoms with Gasteiger partial charge < -0.3 is 10.3 Å². The predicted octanol–water partition coefficient (Wildman–Crippen LogP) is 2.86. The Hall–Kier alpha value is -1.33. The van der Waals surface area contributed by atoms with Crippen molar-refractivity contribution in [3.8, 4) is 0 Å². The molecule has 5 heteroatoms. The number of aryl methyl sites for hydroxylation is 1. The predicted molar refractivity (Wildman–Crippen MR) is 72.3 cm³/mol. The van der Waals surface area contributed by atoms with Crippen LogP contribution in [-0.2, 0) is 11.3 Å². The lowest BCUT2D eigenvalue weighted by Crippen LogP contribution is -2.30. The van der Waals surface area contributed by atoms with Crippen molar-refractivity contribution in [2.24, 2.45) is 5.73 Å². The van der Waals surface area contributed by atoms with Crippen LogP contribution in [0.25, 0.3) is 0 Å². The van der Waals surface area contributed by atoms with E-state index in [0.29, 0.717) is 17.5 Å². The van der Waals surface area contributed by atoms with E-state index in [1.54, 1.807) is 11.8 Å². The van der Waals surface area contributed by atoms with E-state index in [1.807, 2.05) is 26.0 Å². The van der Waals surface area contributed by atoms with Crippen LogP contribution in [0.5, 0.6) is 0 Å². The van der Waals surface area contributed by atoms with E-state index in [4.69, 9.17) is 10.3 Å². The van der Waals surface area contributed by atoms with E-state index < -0.39 is 5.54 Å². The summed E-state index contributed by atoms with van der Waals surface area (Å²) in [6.07, 6.45) is 0. The van der Waals surface area contributed by atoms with Gasteiger partial charge in [-0.1, -0.05) is 23.4 Å². The number of nitrogens with zero attached hydrogens (tertiary/aromatic N) is 2. The topological polar surface area (TPSA) is 64.9 Å². The first-order valence-corrected chi connectivity index (χ1v) is 6.76. The third kappa shape index (κ3) is 3.11. The lowest BCUT2D eigenvalue weighted by atomic mass is 10.1. The average Bonchev–Trinajstić information content (AvgIpc) is 2.76. The van der Waals surface area contributed by atoms with Crippen molar-refractivity contribution >= 4 is 11.8 Å². The highest BCUT2D eigenvalue weighted by atomic mass is 32.2. The van der Waals surface area contributed by atoms with Gasteiger partial charge in [-0.2, -0.15) is 4.98 Å². The second kappa shape index (κ2) is 5.12. The number of hydrogen-bond donors (Lipinski definition) is 1. The monoisotopic (exact) mass is 263 g/mol. The molecule has 0 spiro atoms. The van der Waals surface area contributed by atoms with Crippen LogP contribution in [0.15, 0.2) is 33.7 Å². The molecule has 0 bridgehead atoms. The van der Waals surface area contributed by atoms with Gasteiger partial charge in [-0.25, -0.2) is 0 Å². The highest BCUT2D eigenvalue weighted by Gasteiger charge is 2.21. The molecule has 1 aromatic heterocycles. The largest absolute Gasteiger partial charge is 0.338 e. The molecule has 0 aliphatic rings. The molecule has 2 N–H and O–H groups in total. The Balaban J connectivity index is 2.03. The van der Waals surface area contributed by atoms with Gasteiger partial charge in [0.25, 0.3) is 0 Å². The minimum absolute atomic E-state index is 0.544. The standard InChI is InChI=1S/C13H17N3OS/c1-9-6-4-5-7-10(9)18-8-11-15-12(16-17-11)13(2,3)14/h4-7H,8,14H2,1-3H3. The molecule has 0 aliphatic carbocycles. The summed E-state index contributed by atoms with van der Waals surface area (Å²) in [5.74, 6) is 1.81. The van der Waals surface area contributed by atoms with E-state index in [-0.39, 0.29) is 0 Å². The van der Waals surface area contributed by atoms with Crippen molar-refractivity contribution in [2.45, 2.75) is 37.0 Å². The molecule has 0 saturated heterocycles. The highest BCUT2D eigenvalue weighted by molar-refractivity contribution is 7.98. The second-order valence-electron chi connectivity index (χ2n) is 4.79. The van der Waals surface area contributed by atoms with Gasteiger partial charge in [0.05, 0.1) is 11.3 Å². The number of rotatable bonds is 4. The summed E-state index contributed by atoms with van der Waals surface area (Å²) in [4.78, 5) is 5.53. The van der Waals surface area contributed by atoms with Crippen molar-refractivity contribution < 1.29 is 4.52 Å². The van der Waals surface area contributed by atoms with Crippen LogP contribution in [-0.4, -0.2) is 10.1 Å². The summed E-state index contributed by atoms with van der Waals surface area (Å²) >= 11 is 1.69. The first-order valence-electron chi connectivity index (χ1n) is 5.77. The highest BCUT2D eigenvalue weighted by Crippen LogP contribution is 2.25. The maximum atomic E-state index is 5.91. The maximum absolute atomic E-state index is 5.91. The maximum Gasteiger partial charge on any atom is 0.237 e. The molecule has 0 aliphatic heterocycles. The molecule has 0 saturated carbocycles.